The van der Waals surface area contributed by atoms with Crippen LogP contribution in [0, 0.1) is 13.8 Å². The first-order valence-corrected chi connectivity index (χ1v) is 8.46. The van der Waals surface area contributed by atoms with Crippen LogP contribution in [0.4, 0.5) is 5.88 Å². The van der Waals surface area contributed by atoms with Crippen molar-refractivity contribution >= 4 is 11.8 Å². The van der Waals surface area contributed by atoms with Gasteiger partial charge in [-0.1, -0.05) is 10.3 Å². The lowest BCUT2D eigenvalue weighted by Gasteiger charge is -2.38. The van der Waals surface area contributed by atoms with Crippen molar-refractivity contribution < 1.29 is 13.8 Å². The molecular formula is C16H24N6O3. The summed E-state index contributed by atoms with van der Waals surface area (Å²) in [6.07, 6.45) is 0. The lowest BCUT2D eigenvalue weighted by molar-refractivity contribution is -0.121. The van der Waals surface area contributed by atoms with Crippen LogP contribution in [0.1, 0.15) is 37.3 Å². The quantitative estimate of drug-likeness (QED) is 0.865. The minimum absolute atomic E-state index is 0.0738. The molecule has 0 aliphatic carbocycles. The van der Waals surface area contributed by atoms with Crippen LogP contribution in [0.15, 0.2) is 15.1 Å². The lowest BCUT2D eigenvalue weighted by atomic mass is 10.2. The van der Waals surface area contributed by atoms with Gasteiger partial charge < -0.3 is 9.05 Å². The third-order valence-electron chi connectivity index (χ3n) is 4.60. The minimum Gasteiger partial charge on any atom is -0.338 e. The van der Waals surface area contributed by atoms with Crippen molar-refractivity contribution in [1.29, 1.82) is 0 Å². The van der Waals surface area contributed by atoms with Crippen molar-refractivity contribution in [3.05, 3.63) is 23.5 Å². The average Bonchev–Trinajstić information content (AvgIpc) is 3.22. The highest BCUT2D eigenvalue weighted by Gasteiger charge is 2.29. The summed E-state index contributed by atoms with van der Waals surface area (Å²) in [6.45, 7) is 10.8. The van der Waals surface area contributed by atoms with Crippen LogP contribution in [0.5, 0.6) is 0 Å². The molecule has 1 aliphatic heterocycles. The van der Waals surface area contributed by atoms with E-state index in [0.717, 1.165) is 31.9 Å². The van der Waals surface area contributed by atoms with Crippen molar-refractivity contribution in [1.82, 2.24) is 25.1 Å². The zero-order chi connectivity index (χ0) is 18.0. The number of carbonyl (C=O) groups excluding carboxylic acids is 1. The number of nitrogens with zero attached hydrogens (tertiary/aromatic N) is 5. The van der Waals surface area contributed by atoms with E-state index in [0.29, 0.717) is 17.6 Å². The number of hydrogen-bond acceptors (Lipinski definition) is 8. The van der Waals surface area contributed by atoms with Gasteiger partial charge in [0, 0.05) is 32.2 Å². The molecule has 2 aromatic rings. The number of anilines is 1. The Morgan fingerprint density at radius 1 is 1.12 bits per heavy atom. The number of aryl methyl sites for hydroxylation is 2. The molecule has 3 rings (SSSR count). The summed E-state index contributed by atoms with van der Waals surface area (Å²) < 4.78 is 10.3. The summed E-state index contributed by atoms with van der Waals surface area (Å²) in [5.74, 6) is 1.57. The Morgan fingerprint density at radius 3 is 2.36 bits per heavy atom. The van der Waals surface area contributed by atoms with Crippen molar-refractivity contribution in [2.45, 2.75) is 39.8 Å². The van der Waals surface area contributed by atoms with Gasteiger partial charge in [-0.2, -0.15) is 4.98 Å². The molecule has 1 N–H and O–H groups in total. The maximum Gasteiger partial charge on any atom is 0.243 e. The molecule has 9 heteroatoms. The highest BCUT2D eigenvalue weighted by atomic mass is 16.5. The van der Waals surface area contributed by atoms with Crippen LogP contribution in [-0.2, 0) is 4.79 Å². The first-order valence-electron chi connectivity index (χ1n) is 8.46. The van der Waals surface area contributed by atoms with Crippen molar-refractivity contribution in [2.75, 3.05) is 31.5 Å². The summed E-state index contributed by atoms with van der Waals surface area (Å²) in [7, 11) is 0. The number of amides is 1. The molecule has 2 aromatic heterocycles. The van der Waals surface area contributed by atoms with Gasteiger partial charge in [0.15, 0.2) is 5.82 Å². The number of piperazine rings is 1. The number of aromatic nitrogens is 3. The highest BCUT2D eigenvalue weighted by molar-refractivity contribution is 5.93. The fourth-order valence-corrected chi connectivity index (χ4v) is 2.97. The van der Waals surface area contributed by atoms with Gasteiger partial charge in [0.2, 0.25) is 17.7 Å². The standard InChI is InChI=1S/C16H24N6O3/c1-10-9-14(24-19-10)18-15(23)11(2)21-5-7-22(8-6-21)12(3)16-17-13(4)20-25-16/h9,11-12H,5-8H2,1-4H3,(H,18,23)/t11-,12+/m0/s1. The van der Waals surface area contributed by atoms with Gasteiger partial charge in [-0.05, 0) is 27.7 Å². The second kappa shape index (κ2) is 7.32. The van der Waals surface area contributed by atoms with Crippen LogP contribution in [0.2, 0.25) is 0 Å². The van der Waals surface area contributed by atoms with E-state index in [4.69, 9.17) is 9.05 Å². The Labute approximate surface area is 146 Å². The molecule has 0 spiro atoms. The maximum atomic E-state index is 12.4. The number of carbonyl (C=O) groups is 1. The summed E-state index contributed by atoms with van der Waals surface area (Å²) >= 11 is 0. The fourth-order valence-electron chi connectivity index (χ4n) is 2.97. The van der Waals surface area contributed by atoms with Crippen LogP contribution in [-0.4, -0.2) is 63.2 Å². The number of hydrogen-bond donors (Lipinski definition) is 1. The molecule has 25 heavy (non-hydrogen) atoms. The first kappa shape index (κ1) is 17.6. The second-order valence-corrected chi connectivity index (χ2v) is 6.43. The molecule has 1 fully saturated rings. The molecular weight excluding hydrogens is 324 g/mol. The van der Waals surface area contributed by atoms with Gasteiger partial charge in [0.05, 0.1) is 17.8 Å². The Balaban J connectivity index is 1.51. The monoisotopic (exact) mass is 348 g/mol. The number of nitrogens with one attached hydrogen (secondary N) is 1. The molecule has 9 nitrogen and oxygen atoms in total. The summed E-state index contributed by atoms with van der Waals surface area (Å²) in [5, 5.41) is 10.4. The van der Waals surface area contributed by atoms with E-state index in [1.807, 2.05) is 20.8 Å². The van der Waals surface area contributed by atoms with E-state index in [9.17, 15) is 4.79 Å². The van der Waals surface area contributed by atoms with Crippen LogP contribution < -0.4 is 5.32 Å². The SMILES string of the molecule is Cc1cc(NC(=O)[C@H](C)N2CCN([C@H](C)c3nc(C)no3)CC2)on1. The topological polar surface area (TPSA) is 101 Å². The van der Waals surface area contributed by atoms with Gasteiger partial charge >= 0.3 is 0 Å². The normalized spacial score (nSPS) is 18.9. The summed E-state index contributed by atoms with van der Waals surface area (Å²) in [4.78, 5) is 21.1. The lowest BCUT2D eigenvalue weighted by Crippen LogP contribution is -2.53. The largest absolute Gasteiger partial charge is 0.338 e. The third-order valence-corrected chi connectivity index (χ3v) is 4.60. The van der Waals surface area contributed by atoms with E-state index >= 15 is 0 Å². The Kier molecular flexibility index (Phi) is 5.14. The summed E-state index contributed by atoms with van der Waals surface area (Å²) in [5.41, 5.74) is 0.738. The molecule has 1 aliphatic rings. The fraction of sp³-hybridized carbons (Fsp3) is 0.625. The second-order valence-electron chi connectivity index (χ2n) is 6.43. The van der Waals surface area contributed by atoms with Crippen molar-refractivity contribution in [3.63, 3.8) is 0 Å². The number of rotatable bonds is 5. The Bertz CT molecular complexity index is 719. The molecule has 0 unspecified atom stereocenters. The molecule has 1 amide bonds. The zero-order valence-electron chi connectivity index (χ0n) is 15.0. The van der Waals surface area contributed by atoms with Gasteiger partial charge in [-0.25, -0.2) is 0 Å². The molecule has 136 valence electrons. The van der Waals surface area contributed by atoms with Crippen molar-refractivity contribution in [2.24, 2.45) is 0 Å². The Morgan fingerprint density at radius 2 is 1.80 bits per heavy atom. The molecule has 1 saturated heterocycles. The smallest absolute Gasteiger partial charge is 0.243 e. The zero-order valence-corrected chi connectivity index (χ0v) is 15.0. The molecule has 0 radical (unpaired) electrons. The molecule has 3 heterocycles. The predicted octanol–water partition coefficient (Wildman–Crippen LogP) is 1.38. The molecule has 0 saturated carbocycles. The van der Waals surface area contributed by atoms with Crippen molar-refractivity contribution in [3.8, 4) is 0 Å². The van der Waals surface area contributed by atoms with Gasteiger partial charge in [0.25, 0.3) is 0 Å². The van der Waals surface area contributed by atoms with Crippen LogP contribution >= 0.6 is 0 Å². The molecule has 0 bridgehead atoms. The van der Waals surface area contributed by atoms with E-state index in [-0.39, 0.29) is 18.0 Å². The first-order chi connectivity index (χ1) is 11.9. The Hall–Kier alpha value is -2.26. The summed E-state index contributed by atoms with van der Waals surface area (Å²) in [6, 6.07) is 1.54. The van der Waals surface area contributed by atoms with E-state index in [1.165, 1.54) is 0 Å². The van der Waals surface area contributed by atoms with Crippen LogP contribution in [0.25, 0.3) is 0 Å². The van der Waals surface area contributed by atoms with Crippen LogP contribution in [0.3, 0.4) is 0 Å². The van der Waals surface area contributed by atoms with E-state index < -0.39 is 0 Å². The average molecular weight is 348 g/mol. The maximum absolute atomic E-state index is 12.4. The van der Waals surface area contributed by atoms with E-state index in [2.05, 4.69) is 37.3 Å². The van der Waals surface area contributed by atoms with Gasteiger partial charge in [-0.15, -0.1) is 0 Å². The minimum atomic E-state index is -0.242. The highest BCUT2D eigenvalue weighted by Crippen LogP contribution is 2.21. The molecule has 0 aromatic carbocycles. The van der Waals surface area contributed by atoms with Gasteiger partial charge in [0.1, 0.15) is 0 Å². The molecule has 2 atom stereocenters. The predicted molar refractivity (Wildman–Crippen MR) is 89.9 cm³/mol. The van der Waals surface area contributed by atoms with E-state index in [1.54, 1.807) is 6.07 Å². The third kappa shape index (κ3) is 4.05. The van der Waals surface area contributed by atoms with Gasteiger partial charge in [-0.3, -0.25) is 19.9 Å².